The van der Waals surface area contributed by atoms with Crippen LogP contribution in [0.15, 0.2) is 12.2 Å². The van der Waals surface area contributed by atoms with Gasteiger partial charge in [0, 0.05) is 0 Å². The van der Waals surface area contributed by atoms with Crippen molar-refractivity contribution in [3.8, 4) is 0 Å². The number of allylic oxidation sites excluding steroid dienone is 2. The molecule has 0 N–H and O–H groups in total. The molecule has 1 aliphatic heterocycles. The fourth-order valence-corrected chi connectivity index (χ4v) is 0.340. The Balaban J connectivity index is 2.61. The molecule has 0 aliphatic carbocycles. The molecule has 23 valence electrons. The summed E-state index contributed by atoms with van der Waals surface area (Å²) in [6.07, 6.45) is 5.08. The van der Waals surface area contributed by atoms with Gasteiger partial charge in [-0.05, 0) is 0 Å². The molecule has 0 saturated heterocycles. The van der Waals surface area contributed by atoms with Gasteiger partial charge in [0.2, 0.25) is 0 Å². The van der Waals surface area contributed by atoms with Gasteiger partial charge in [-0.15, -0.1) is 0 Å². The van der Waals surface area contributed by atoms with Crippen molar-refractivity contribution in [2.45, 2.75) is 6.32 Å². The molecule has 0 unspecified atom stereocenters. The van der Waals surface area contributed by atoms with Crippen LogP contribution in [0, 0.1) is 0 Å². The molecular weight excluding hydrogens is 58.9 g/mol. The maximum absolute atomic E-state index is 2.92. The molecule has 0 atom stereocenters. The van der Waals surface area contributed by atoms with Crippen LogP contribution in [0.25, 0.3) is 0 Å². The summed E-state index contributed by atoms with van der Waals surface area (Å²) < 4.78 is 0. The van der Waals surface area contributed by atoms with E-state index in [1.165, 1.54) is 0 Å². The topological polar surface area (TPSA) is 0 Å². The standard InChI is InChI=1S/C4H4B/c1-2-4-5-3-1/h1-2H,3H2. The van der Waals surface area contributed by atoms with Gasteiger partial charge in [-0.25, -0.2) is 0 Å². The zero-order chi connectivity index (χ0) is 3.54. The second kappa shape index (κ2) is 1.20. The molecule has 0 aromatic heterocycles. The molecule has 5 heavy (non-hydrogen) atoms. The van der Waals surface area contributed by atoms with E-state index in [1.54, 1.807) is 0 Å². The first-order valence-corrected chi connectivity index (χ1v) is 1.73. The van der Waals surface area contributed by atoms with Gasteiger partial charge in [-0.3, -0.25) is 0 Å². The van der Waals surface area contributed by atoms with Crippen molar-refractivity contribution < 1.29 is 0 Å². The molecule has 0 amide bonds. The van der Waals surface area contributed by atoms with Gasteiger partial charge in [0.15, 0.2) is 0 Å². The van der Waals surface area contributed by atoms with E-state index in [2.05, 4.69) is 12.0 Å². The van der Waals surface area contributed by atoms with Crippen LogP contribution in [0.4, 0.5) is 0 Å². The summed E-state index contributed by atoms with van der Waals surface area (Å²) in [6.45, 7) is 2.00. The van der Waals surface area contributed by atoms with Gasteiger partial charge >= 0.3 is 31.4 Å². The van der Waals surface area contributed by atoms with Crippen LogP contribution in [0.3, 0.4) is 0 Å². The summed E-state index contributed by atoms with van der Waals surface area (Å²) in [5.74, 6) is 2.92. The Morgan fingerprint density at radius 2 is 2.80 bits per heavy atom. The summed E-state index contributed by atoms with van der Waals surface area (Å²) in [5, 5.41) is 0. The van der Waals surface area contributed by atoms with Gasteiger partial charge in [-0.2, -0.15) is 0 Å². The predicted molar refractivity (Wildman–Crippen MR) is 24.7 cm³/mol. The average Bonchev–Trinajstić information content (AvgIpc) is 1.76. The summed E-state index contributed by atoms with van der Waals surface area (Å²) >= 11 is 0. The zero-order valence-electron chi connectivity index (χ0n) is 2.94. The fourth-order valence-electron chi connectivity index (χ4n) is 0.340. The SMILES string of the molecule is B1=[C]C=CC1. The average molecular weight is 62.9 g/mol. The third-order valence-corrected chi connectivity index (χ3v) is 0.586. The van der Waals surface area contributed by atoms with Crippen molar-refractivity contribution >= 4 is 12.9 Å². The van der Waals surface area contributed by atoms with Crippen molar-refractivity contribution in [1.29, 1.82) is 0 Å². The minimum atomic E-state index is 1.08. The summed E-state index contributed by atoms with van der Waals surface area (Å²) in [4.78, 5) is 0. The quantitative estimate of drug-likeness (QED) is 0.356. The van der Waals surface area contributed by atoms with Crippen LogP contribution < -0.4 is 0 Å². The first-order chi connectivity index (χ1) is 2.50. The molecule has 0 saturated carbocycles. The van der Waals surface area contributed by atoms with Crippen LogP contribution in [0.2, 0.25) is 6.32 Å². The predicted octanol–water partition coefficient (Wildman–Crippen LogP) is 0.358. The maximum atomic E-state index is 2.92. The van der Waals surface area contributed by atoms with E-state index in [-0.39, 0.29) is 0 Å². The molecule has 0 nitrogen and oxygen atoms in total. The molecule has 0 bridgehead atoms. The Morgan fingerprint density at radius 3 is 3.00 bits per heavy atom. The number of hydrogen-bond acceptors (Lipinski definition) is 0. The molecule has 0 aromatic carbocycles. The molecule has 0 spiro atoms. The number of rotatable bonds is 0. The molecule has 0 fully saturated rings. The van der Waals surface area contributed by atoms with E-state index in [0.29, 0.717) is 0 Å². The molecule has 1 aliphatic rings. The minimum absolute atomic E-state index is 1.08. The Kier molecular flexibility index (Phi) is 0.695. The summed E-state index contributed by atoms with van der Waals surface area (Å²) in [6, 6.07) is 0. The molecule has 0 aromatic rings. The Labute approximate surface area is 32.4 Å². The van der Waals surface area contributed by atoms with Crippen LogP contribution >= 0.6 is 0 Å². The van der Waals surface area contributed by atoms with Crippen LogP contribution in [-0.4, -0.2) is 12.9 Å². The van der Waals surface area contributed by atoms with Crippen molar-refractivity contribution in [3.05, 3.63) is 12.2 Å². The van der Waals surface area contributed by atoms with Crippen LogP contribution in [0.5, 0.6) is 0 Å². The fraction of sp³-hybridized carbons (Fsp3) is 0.250. The van der Waals surface area contributed by atoms with Crippen molar-refractivity contribution in [2.24, 2.45) is 0 Å². The first kappa shape index (κ1) is 2.89. The monoisotopic (exact) mass is 63.0 g/mol. The number of hydrogen-bond donors (Lipinski definition) is 0. The summed E-state index contributed by atoms with van der Waals surface area (Å²) in [7, 11) is 0. The zero-order valence-corrected chi connectivity index (χ0v) is 2.94. The summed E-state index contributed by atoms with van der Waals surface area (Å²) in [5.41, 5.74) is 0. The van der Waals surface area contributed by atoms with E-state index in [4.69, 9.17) is 0 Å². The van der Waals surface area contributed by atoms with E-state index in [1.807, 2.05) is 13.0 Å². The Bertz CT molecular complexity index is 61.7. The van der Waals surface area contributed by atoms with Gasteiger partial charge < -0.3 is 0 Å². The van der Waals surface area contributed by atoms with E-state index < -0.39 is 0 Å². The normalized spacial score (nSPS) is 16.0. The van der Waals surface area contributed by atoms with Gasteiger partial charge in [-0.1, -0.05) is 0 Å². The van der Waals surface area contributed by atoms with Gasteiger partial charge in [0.05, 0.1) is 0 Å². The molecular formula is C4H4B. The third kappa shape index (κ3) is 0.472. The van der Waals surface area contributed by atoms with Crippen LogP contribution in [-0.2, 0) is 0 Å². The van der Waals surface area contributed by atoms with Crippen molar-refractivity contribution in [2.75, 3.05) is 0 Å². The molecule has 1 heterocycles. The van der Waals surface area contributed by atoms with E-state index >= 15 is 0 Å². The molecule has 1 rings (SSSR count). The van der Waals surface area contributed by atoms with Gasteiger partial charge in [0.1, 0.15) is 0 Å². The molecule has 1 radical (unpaired) electrons. The third-order valence-electron chi connectivity index (χ3n) is 0.586. The second-order valence-electron chi connectivity index (χ2n) is 1.01. The van der Waals surface area contributed by atoms with Gasteiger partial charge in [0.25, 0.3) is 0 Å². The molecule has 1 heteroatoms. The second-order valence-corrected chi connectivity index (χ2v) is 1.01. The van der Waals surface area contributed by atoms with Crippen molar-refractivity contribution in [1.82, 2.24) is 0 Å². The Morgan fingerprint density at radius 1 is 1.80 bits per heavy atom. The first-order valence-electron chi connectivity index (χ1n) is 1.73. The van der Waals surface area contributed by atoms with Crippen LogP contribution in [0.1, 0.15) is 0 Å². The van der Waals surface area contributed by atoms with Crippen molar-refractivity contribution in [3.63, 3.8) is 0 Å². The van der Waals surface area contributed by atoms with E-state index in [9.17, 15) is 0 Å². The van der Waals surface area contributed by atoms with E-state index in [0.717, 1.165) is 6.32 Å². The Hall–Kier alpha value is -0.325.